The number of benzene rings is 2. The number of para-hydroxylation sites is 1. The molecule has 2 aromatic rings. The predicted molar refractivity (Wildman–Crippen MR) is 91.3 cm³/mol. The zero-order chi connectivity index (χ0) is 17.5. The SMILES string of the molecule is CN(CC(=O)NC(=O)Nc1ccccc1F)Cc1ccccc1Cl. The van der Waals surface area contributed by atoms with Crippen LogP contribution >= 0.6 is 11.6 Å². The first-order valence-corrected chi connectivity index (χ1v) is 7.61. The van der Waals surface area contributed by atoms with Crippen molar-refractivity contribution in [3.63, 3.8) is 0 Å². The lowest BCUT2D eigenvalue weighted by Gasteiger charge is -2.17. The van der Waals surface area contributed by atoms with E-state index < -0.39 is 17.8 Å². The molecule has 2 rings (SSSR count). The number of carbonyl (C=O) groups is 2. The minimum atomic E-state index is -0.781. The Balaban J connectivity index is 1.83. The second kappa shape index (κ2) is 8.42. The molecular formula is C17H17ClFN3O2. The van der Waals surface area contributed by atoms with Gasteiger partial charge >= 0.3 is 6.03 Å². The monoisotopic (exact) mass is 349 g/mol. The molecule has 0 bridgehead atoms. The van der Waals surface area contributed by atoms with Gasteiger partial charge in [-0.2, -0.15) is 0 Å². The van der Waals surface area contributed by atoms with Gasteiger partial charge in [0.25, 0.3) is 0 Å². The summed E-state index contributed by atoms with van der Waals surface area (Å²) in [5.74, 6) is -1.07. The fraction of sp³-hybridized carbons (Fsp3) is 0.176. The molecule has 0 saturated carbocycles. The number of amides is 3. The molecular weight excluding hydrogens is 333 g/mol. The second-order valence-corrected chi connectivity index (χ2v) is 5.65. The van der Waals surface area contributed by atoms with Crippen molar-refractivity contribution >= 4 is 29.2 Å². The van der Waals surface area contributed by atoms with E-state index in [0.29, 0.717) is 11.6 Å². The van der Waals surface area contributed by atoms with Gasteiger partial charge in [-0.25, -0.2) is 9.18 Å². The molecule has 0 aliphatic heterocycles. The number of imide groups is 1. The Hall–Kier alpha value is -2.44. The van der Waals surface area contributed by atoms with E-state index in [9.17, 15) is 14.0 Å². The lowest BCUT2D eigenvalue weighted by Crippen LogP contribution is -2.40. The number of urea groups is 1. The fourth-order valence-electron chi connectivity index (χ4n) is 2.10. The van der Waals surface area contributed by atoms with Crippen LogP contribution < -0.4 is 10.6 Å². The molecule has 0 aliphatic carbocycles. The summed E-state index contributed by atoms with van der Waals surface area (Å²) in [5, 5.41) is 5.06. The molecule has 0 heterocycles. The van der Waals surface area contributed by atoms with Crippen molar-refractivity contribution in [3.8, 4) is 0 Å². The van der Waals surface area contributed by atoms with Crippen LogP contribution in [0.1, 0.15) is 5.56 Å². The topological polar surface area (TPSA) is 61.4 Å². The summed E-state index contributed by atoms with van der Waals surface area (Å²) in [6.07, 6.45) is 0. The Morgan fingerprint density at radius 3 is 2.50 bits per heavy atom. The van der Waals surface area contributed by atoms with E-state index >= 15 is 0 Å². The molecule has 0 unspecified atom stereocenters. The first kappa shape index (κ1) is 17.9. The average molecular weight is 350 g/mol. The van der Waals surface area contributed by atoms with Crippen molar-refractivity contribution < 1.29 is 14.0 Å². The van der Waals surface area contributed by atoms with Crippen LogP contribution in [0.15, 0.2) is 48.5 Å². The Labute approximate surface area is 144 Å². The molecule has 0 atom stereocenters. The summed E-state index contributed by atoms with van der Waals surface area (Å²) in [4.78, 5) is 25.3. The fourth-order valence-corrected chi connectivity index (χ4v) is 2.30. The molecule has 5 nitrogen and oxygen atoms in total. The number of hydrogen-bond donors (Lipinski definition) is 2. The number of hydrogen-bond acceptors (Lipinski definition) is 3. The van der Waals surface area contributed by atoms with Gasteiger partial charge in [0, 0.05) is 11.6 Å². The third-order valence-corrected chi connectivity index (χ3v) is 3.56. The van der Waals surface area contributed by atoms with E-state index in [1.54, 1.807) is 24.1 Å². The van der Waals surface area contributed by atoms with Crippen LogP contribution in [0.2, 0.25) is 5.02 Å². The third-order valence-electron chi connectivity index (χ3n) is 3.19. The van der Waals surface area contributed by atoms with E-state index in [0.717, 1.165) is 5.56 Å². The molecule has 2 N–H and O–H groups in total. The molecule has 0 saturated heterocycles. The van der Waals surface area contributed by atoms with Crippen LogP contribution in [-0.2, 0) is 11.3 Å². The quantitative estimate of drug-likeness (QED) is 0.871. The van der Waals surface area contributed by atoms with Gasteiger partial charge in [0.15, 0.2) is 0 Å². The molecule has 3 amide bonds. The molecule has 24 heavy (non-hydrogen) atoms. The summed E-state index contributed by atoms with van der Waals surface area (Å²) in [7, 11) is 1.73. The minimum absolute atomic E-state index is 0.00405. The first-order valence-electron chi connectivity index (χ1n) is 7.23. The normalized spacial score (nSPS) is 10.5. The minimum Gasteiger partial charge on any atom is -0.305 e. The predicted octanol–water partition coefficient (Wildman–Crippen LogP) is 3.26. The number of halogens is 2. The van der Waals surface area contributed by atoms with Crippen molar-refractivity contribution in [3.05, 3.63) is 64.9 Å². The molecule has 0 fully saturated rings. The molecule has 0 spiro atoms. The summed E-state index contributed by atoms with van der Waals surface area (Å²) < 4.78 is 13.4. The van der Waals surface area contributed by atoms with Crippen LogP contribution in [-0.4, -0.2) is 30.4 Å². The number of anilines is 1. The lowest BCUT2D eigenvalue weighted by atomic mass is 10.2. The summed E-state index contributed by atoms with van der Waals surface area (Å²) in [6.45, 7) is 0.456. The van der Waals surface area contributed by atoms with Crippen LogP contribution in [0, 0.1) is 5.82 Å². The van der Waals surface area contributed by atoms with Gasteiger partial charge in [-0.05, 0) is 30.8 Å². The molecule has 0 aliphatic rings. The Morgan fingerprint density at radius 1 is 1.12 bits per heavy atom. The second-order valence-electron chi connectivity index (χ2n) is 5.25. The van der Waals surface area contributed by atoms with E-state index in [4.69, 9.17) is 11.6 Å². The Morgan fingerprint density at radius 2 is 1.79 bits per heavy atom. The summed E-state index contributed by atoms with van der Waals surface area (Å²) >= 11 is 6.07. The maximum Gasteiger partial charge on any atom is 0.326 e. The maximum atomic E-state index is 13.4. The Bertz CT molecular complexity index is 739. The summed E-state index contributed by atoms with van der Waals surface area (Å²) in [5.41, 5.74) is 0.887. The van der Waals surface area contributed by atoms with Crippen molar-refractivity contribution in [2.75, 3.05) is 18.9 Å². The van der Waals surface area contributed by atoms with Gasteiger partial charge in [-0.3, -0.25) is 15.0 Å². The highest BCUT2D eigenvalue weighted by Gasteiger charge is 2.13. The largest absolute Gasteiger partial charge is 0.326 e. The lowest BCUT2D eigenvalue weighted by molar-refractivity contribution is -0.120. The van der Waals surface area contributed by atoms with Crippen LogP contribution in [0.5, 0.6) is 0 Å². The van der Waals surface area contributed by atoms with Crippen LogP contribution in [0.3, 0.4) is 0 Å². The number of rotatable bonds is 5. The van der Waals surface area contributed by atoms with Crippen molar-refractivity contribution in [1.82, 2.24) is 10.2 Å². The van der Waals surface area contributed by atoms with Gasteiger partial charge in [-0.1, -0.05) is 41.9 Å². The highest BCUT2D eigenvalue weighted by molar-refractivity contribution is 6.31. The maximum absolute atomic E-state index is 13.4. The van der Waals surface area contributed by atoms with Gasteiger partial charge < -0.3 is 5.32 Å². The molecule has 0 aromatic heterocycles. The molecule has 2 aromatic carbocycles. The van der Waals surface area contributed by atoms with Crippen molar-refractivity contribution in [2.45, 2.75) is 6.54 Å². The van der Waals surface area contributed by atoms with E-state index in [1.807, 2.05) is 18.2 Å². The van der Waals surface area contributed by atoms with Gasteiger partial charge in [0.1, 0.15) is 5.82 Å². The molecule has 0 radical (unpaired) electrons. The number of nitrogens with zero attached hydrogens (tertiary/aromatic N) is 1. The average Bonchev–Trinajstić information content (AvgIpc) is 2.51. The zero-order valence-electron chi connectivity index (χ0n) is 13.1. The molecule has 126 valence electrons. The number of carbonyl (C=O) groups excluding carboxylic acids is 2. The Kier molecular flexibility index (Phi) is 6.28. The number of likely N-dealkylation sites (N-methyl/N-ethyl adjacent to an activating group) is 1. The van der Waals surface area contributed by atoms with Gasteiger partial charge in [0.2, 0.25) is 5.91 Å². The third kappa shape index (κ3) is 5.33. The smallest absolute Gasteiger partial charge is 0.305 e. The highest BCUT2D eigenvalue weighted by atomic mass is 35.5. The van der Waals surface area contributed by atoms with Gasteiger partial charge in [-0.15, -0.1) is 0 Å². The van der Waals surface area contributed by atoms with Crippen molar-refractivity contribution in [2.24, 2.45) is 0 Å². The van der Waals surface area contributed by atoms with Crippen LogP contribution in [0.25, 0.3) is 0 Å². The first-order chi connectivity index (χ1) is 11.5. The zero-order valence-corrected chi connectivity index (χ0v) is 13.8. The highest BCUT2D eigenvalue weighted by Crippen LogP contribution is 2.16. The van der Waals surface area contributed by atoms with E-state index in [2.05, 4.69) is 10.6 Å². The number of nitrogens with one attached hydrogen (secondary N) is 2. The van der Waals surface area contributed by atoms with E-state index in [1.165, 1.54) is 18.2 Å². The standard InChI is InChI=1S/C17H17ClFN3O2/c1-22(10-12-6-2-3-7-13(12)18)11-16(23)21-17(24)20-15-9-5-4-8-14(15)19/h2-9H,10-11H2,1H3,(H2,20,21,23,24). The van der Waals surface area contributed by atoms with Gasteiger partial charge in [0.05, 0.1) is 12.2 Å². The summed E-state index contributed by atoms with van der Waals surface area (Å²) in [6, 6.07) is 12.2. The van der Waals surface area contributed by atoms with E-state index in [-0.39, 0.29) is 12.2 Å². The van der Waals surface area contributed by atoms with Crippen molar-refractivity contribution in [1.29, 1.82) is 0 Å². The van der Waals surface area contributed by atoms with Crippen LogP contribution in [0.4, 0.5) is 14.9 Å². The molecule has 7 heteroatoms.